The quantitative estimate of drug-likeness (QED) is 0.105. The number of urea groups is 1. The number of nitrogens with zero attached hydrogens (tertiary/aromatic N) is 1. The predicted molar refractivity (Wildman–Crippen MR) is 34.2 cm³/mol. The molecule has 10 heavy (non-hydrogen) atoms. The van der Waals surface area contributed by atoms with Crippen LogP contribution in [-0.4, -0.2) is 54.1 Å². The van der Waals surface area contributed by atoms with Gasteiger partial charge in [0.2, 0.25) is 0 Å². The van der Waals surface area contributed by atoms with Crippen LogP contribution in [-0.2, 0) is 0 Å². The molecule has 0 aromatic rings. The van der Waals surface area contributed by atoms with Gasteiger partial charge in [-0.25, -0.2) is 10.6 Å². The molecule has 0 saturated heterocycles. The molecule has 0 atom stereocenters. The Balaban J connectivity index is -0.0000000910. The average molecular weight is 180 g/mol. The summed E-state index contributed by atoms with van der Waals surface area (Å²) in [6.07, 6.45) is 0. The van der Waals surface area contributed by atoms with Crippen LogP contribution in [0, 0.1) is 10.1 Å². The number of hydrogen-bond donors (Lipinski definition) is 4. The van der Waals surface area contributed by atoms with E-state index in [1.54, 1.807) is 5.43 Å². The zero-order valence-corrected chi connectivity index (χ0v) is 4.27. The molecular formula is CH8CaN4O4. The molecule has 6 N–H and O–H groups in total. The molecular weight excluding hydrogens is 172 g/mol. The molecule has 0 aliphatic heterocycles. The van der Waals surface area contributed by atoms with Crippen molar-refractivity contribution in [3.63, 3.8) is 0 Å². The van der Waals surface area contributed by atoms with Gasteiger partial charge in [-0.3, -0.25) is 5.43 Å². The molecule has 0 aromatic heterocycles. The van der Waals surface area contributed by atoms with Gasteiger partial charge in [0, 0.05) is 0 Å². The number of nitrogens with two attached hydrogens (primary N) is 2. The number of carbonyl (C=O) groups excluding carboxylic acids is 1. The van der Waals surface area contributed by atoms with E-state index >= 15 is 0 Å². The third-order valence-corrected chi connectivity index (χ3v) is 0.142. The van der Waals surface area contributed by atoms with Gasteiger partial charge in [0.15, 0.2) is 0 Å². The Kier molecular flexibility index (Phi) is 18.8. The van der Waals surface area contributed by atoms with Gasteiger partial charge in [-0.15, -0.1) is 10.1 Å². The molecule has 0 unspecified atom stereocenters. The second-order valence-corrected chi connectivity index (χ2v) is 0.746. The van der Waals surface area contributed by atoms with E-state index in [2.05, 4.69) is 11.6 Å². The van der Waals surface area contributed by atoms with Crippen LogP contribution in [0.1, 0.15) is 0 Å². The molecule has 2 amide bonds. The van der Waals surface area contributed by atoms with Crippen LogP contribution in [0.15, 0.2) is 0 Å². The summed E-state index contributed by atoms with van der Waals surface area (Å²) in [6.45, 7) is 0. The Bertz CT molecular complexity index is 101. The van der Waals surface area contributed by atoms with Crippen molar-refractivity contribution in [1.82, 2.24) is 5.43 Å². The number of primary amides is 1. The van der Waals surface area contributed by atoms with Gasteiger partial charge in [-0.05, 0) is 0 Å². The minimum atomic E-state index is -1.50. The number of amides is 2. The fourth-order valence-corrected chi connectivity index (χ4v) is 0. The maximum atomic E-state index is 9.35. The van der Waals surface area contributed by atoms with Gasteiger partial charge in [-0.1, -0.05) is 0 Å². The van der Waals surface area contributed by atoms with Crippen LogP contribution >= 0.6 is 0 Å². The van der Waals surface area contributed by atoms with Crippen molar-refractivity contribution in [3.05, 3.63) is 10.1 Å². The van der Waals surface area contributed by atoms with Crippen molar-refractivity contribution >= 4 is 43.8 Å². The second kappa shape index (κ2) is 11.5. The van der Waals surface area contributed by atoms with Gasteiger partial charge in [-0.2, -0.15) is 0 Å². The van der Waals surface area contributed by atoms with Gasteiger partial charge in [0.05, 0.1) is 0 Å². The molecule has 58 valence electrons. The van der Waals surface area contributed by atoms with Crippen molar-refractivity contribution in [3.8, 4) is 0 Å². The monoisotopic (exact) mass is 180 g/mol. The number of nitrogens with one attached hydrogen (secondary N) is 1. The Morgan fingerprint density at radius 3 is 1.80 bits per heavy atom. The first-order valence-electron chi connectivity index (χ1n) is 1.60. The van der Waals surface area contributed by atoms with Crippen LogP contribution in [0.3, 0.4) is 0 Å². The van der Waals surface area contributed by atoms with E-state index in [4.69, 9.17) is 15.3 Å². The van der Waals surface area contributed by atoms with Crippen molar-refractivity contribution in [1.29, 1.82) is 0 Å². The van der Waals surface area contributed by atoms with E-state index in [-0.39, 0.29) is 37.7 Å². The zero-order chi connectivity index (χ0) is 7.86. The van der Waals surface area contributed by atoms with E-state index in [1.165, 1.54) is 0 Å². The molecule has 0 fully saturated rings. The second-order valence-electron chi connectivity index (χ2n) is 0.746. The summed E-state index contributed by atoms with van der Waals surface area (Å²) in [6, 6.07) is -0.718. The summed E-state index contributed by atoms with van der Waals surface area (Å²) in [7, 11) is 0. The molecule has 9 heteroatoms. The molecule has 0 heterocycles. The molecule has 8 nitrogen and oxygen atoms in total. The summed E-state index contributed by atoms with van der Waals surface area (Å²) in [5.74, 6) is 4.45. The minimum absolute atomic E-state index is 0. The first-order valence-corrected chi connectivity index (χ1v) is 1.60. The topological polar surface area (TPSA) is 145 Å². The normalized spacial score (nSPS) is 5.70. The Hall–Kier alpha value is -0.310. The zero-order valence-electron chi connectivity index (χ0n) is 4.27. The summed E-state index contributed by atoms with van der Waals surface area (Å²) in [5.41, 5.74) is 6.08. The van der Waals surface area contributed by atoms with Crippen LogP contribution in [0.4, 0.5) is 4.79 Å². The summed E-state index contributed by atoms with van der Waals surface area (Å²) < 4.78 is 0. The van der Waals surface area contributed by atoms with Crippen molar-refractivity contribution in [2.45, 2.75) is 0 Å². The first kappa shape index (κ1) is 16.3. The molecule has 0 aromatic carbocycles. The molecule has 0 saturated carbocycles. The van der Waals surface area contributed by atoms with Crippen molar-refractivity contribution in [2.75, 3.05) is 0 Å². The van der Waals surface area contributed by atoms with Gasteiger partial charge >= 0.3 is 43.8 Å². The molecule has 0 aliphatic carbocycles. The molecule has 0 spiro atoms. The number of hydrogen-bond acceptors (Lipinski definition) is 4. The van der Waals surface area contributed by atoms with E-state index in [0.29, 0.717) is 0 Å². The fourth-order valence-electron chi connectivity index (χ4n) is 0. The van der Waals surface area contributed by atoms with E-state index in [1.807, 2.05) is 0 Å². The van der Waals surface area contributed by atoms with Crippen LogP contribution < -0.4 is 17.0 Å². The Labute approximate surface area is 85.6 Å². The van der Waals surface area contributed by atoms with Gasteiger partial charge in [0.25, 0.3) is 5.09 Å². The first-order chi connectivity index (χ1) is 4.00. The van der Waals surface area contributed by atoms with E-state index in [0.717, 1.165) is 0 Å². The van der Waals surface area contributed by atoms with E-state index in [9.17, 15) is 4.79 Å². The number of rotatable bonds is 0. The maximum absolute atomic E-state index is 9.35. The van der Waals surface area contributed by atoms with E-state index < -0.39 is 11.1 Å². The van der Waals surface area contributed by atoms with Gasteiger partial charge < -0.3 is 10.9 Å². The van der Waals surface area contributed by atoms with Crippen molar-refractivity contribution in [2.24, 2.45) is 11.6 Å². The summed E-state index contributed by atoms with van der Waals surface area (Å²) in [4.78, 5) is 17.7. The molecule has 0 radical (unpaired) electrons. The SMILES string of the molecule is NNC(N)=O.O=[N+]([O-])O.[CaH2]. The van der Waals surface area contributed by atoms with Gasteiger partial charge in [0.1, 0.15) is 0 Å². The summed E-state index contributed by atoms with van der Waals surface area (Å²) in [5, 5.41) is 13.6. The molecule has 0 rings (SSSR count). The van der Waals surface area contributed by atoms with Crippen molar-refractivity contribution < 1.29 is 15.1 Å². The van der Waals surface area contributed by atoms with Crippen LogP contribution in [0.25, 0.3) is 0 Å². The average Bonchev–Trinajstić information content (AvgIpc) is 1.65. The Morgan fingerprint density at radius 1 is 1.70 bits per heavy atom. The predicted octanol–water partition coefficient (Wildman–Crippen LogP) is -2.74. The third-order valence-electron chi connectivity index (χ3n) is 0.142. The Morgan fingerprint density at radius 2 is 1.80 bits per heavy atom. The van der Waals surface area contributed by atoms with Crippen LogP contribution in [0.2, 0.25) is 0 Å². The molecule has 0 aliphatic rings. The molecule has 0 bridgehead atoms. The van der Waals surface area contributed by atoms with Crippen LogP contribution in [0.5, 0.6) is 0 Å². The summed E-state index contributed by atoms with van der Waals surface area (Å²) >= 11 is 0. The third kappa shape index (κ3) is 121. The standard InChI is InChI=1S/CH5N3O.Ca.HNO3.2H/c2-1(5)4-3;;2-1(3)4;;/h3H2,(H3,2,4,5);;(H,2,3,4);;. The number of carbonyl (C=O) groups is 1. The number of hydrazine groups is 1. The fraction of sp³-hybridized carbons (Fsp3) is 0.